The Balaban J connectivity index is 0.965. The summed E-state index contributed by atoms with van der Waals surface area (Å²) in [7, 11) is 0. The third-order valence-corrected chi connectivity index (χ3v) is 15.2. The van der Waals surface area contributed by atoms with E-state index in [4.69, 9.17) is 4.42 Å². The van der Waals surface area contributed by atoms with Gasteiger partial charge in [0.2, 0.25) is 11.8 Å². The van der Waals surface area contributed by atoms with Crippen molar-refractivity contribution in [2.24, 2.45) is 0 Å². The normalized spacial score (nSPS) is 14.2. The maximum absolute atomic E-state index is 6.52. The Morgan fingerprint density at radius 2 is 0.612 bits per heavy atom. The molecule has 0 bridgehead atoms. The molecule has 2 aromatic heterocycles. The van der Waals surface area contributed by atoms with Crippen LogP contribution in [0.1, 0.15) is 44.5 Å². The fraction of sp³-hybridized carbons (Fsp3) is 0.0317. The Morgan fingerprint density at radius 3 is 0.985 bits per heavy atom. The summed E-state index contributed by atoms with van der Waals surface area (Å²) in [5.41, 5.74) is 25.9. The molecule has 67 heavy (non-hydrogen) atoms. The van der Waals surface area contributed by atoms with E-state index in [2.05, 4.69) is 215 Å². The van der Waals surface area contributed by atoms with Crippen LogP contribution < -0.4 is 0 Å². The first-order valence-corrected chi connectivity index (χ1v) is 23.0. The van der Waals surface area contributed by atoms with Gasteiger partial charge in [-0.3, -0.25) is 4.98 Å². The summed E-state index contributed by atoms with van der Waals surface area (Å²) in [6.45, 7) is 0. The van der Waals surface area contributed by atoms with Gasteiger partial charge in [-0.1, -0.05) is 170 Å². The second-order valence-corrected chi connectivity index (χ2v) is 18.2. The molecule has 4 aliphatic carbocycles. The summed E-state index contributed by atoms with van der Waals surface area (Å²) in [5.74, 6) is 0.885. The monoisotopic (exact) mass is 851 g/mol. The number of hydrogen-bond donors (Lipinski definition) is 0. The second-order valence-electron chi connectivity index (χ2n) is 18.2. The number of rotatable bonds is 4. The predicted octanol–water partition coefficient (Wildman–Crippen LogP) is 14.8. The van der Waals surface area contributed by atoms with Crippen molar-refractivity contribution < 1.29 is 4.42 Å². The molecule has 4 heteroatoms. The molecule has 4 nitrogen and oxygen atoms in total. The average molecular weight is 852 g/mol. The van der Waals surface area contributed by atoms with Gasteiger partial charge >= 0.3 is 0 Å². The first kappa shape index (κ1) is 36.6. The molecule has 0 saturated heterocycles. The minimum Gasteiger partial charge on any atom is -0.416 e. The predicted molar refractivity (Wildman–Crippen MR) is 266 cm³/mol. The SMILES string of the molecule is c1cncc(-c2nnc(-c3cc(-c4ccc5c(c4)C4(c6ccccc6-c6ccccc64)c4ccccc4-5)cc(-c4ccc5c(c4)C4(c6ccccc6-c6ccccc64)c4ccccc4-5)c3)o2)c1. The molecular formula is C63H37N3O. The third-order valence-electron chi connectivity index (χ3n) is 15.2. The first-order valence-electron chi connectivity index (χ1n) is 23.0. The van der Waals surface area contributed by atoms with Gasteiger partial charge in [-0.25, -0.2) is 0 Å². The summed E-state index contributed by atoms with van der Waals surface area (Å²) >= 11 is 0. The number of nitrogens with zero attached hydrogens (tertiary/aromatic N) is 3. The van der Waals surface area contributed by atoms with Crippen LogP contribution in [0.2, 0.25) is 0 Å². The molecule has 0 amide bonds. The average Bonchev–Trinajstić information content (AvgIpc) is 4.21. The van der Waals surface area contributed by atoms with Crippen LogP contribution in [0.25, 0.3) is 89.7 Å². The summed E-state index contributed by atoms with van der Waals surface area (Å²) in [4.78, 5) is 4.33. The smallest absolute Gasteiger partial charge is 0.249 e. The summed E-state index contributed by atoms with van der Waals surface area (Å²) < 4.78 is 6.52. The van der Waals surface area contributed by atoms with Crippen LogP contribution in [0.3, 0.4) is 0 Å². The quantitative estimate of drug-likeness (QED) is 0.177. The number of fused-ring (bicyclic) bond motifs is 20. The highest BCUT2D eigenvalue weighted by molar-refractivity contribution is 5.98. The highest BCUT2D eigenvalue weighted by Crippen LogP contribution is 2.65. The van der Waals surface area contributed by atoms with Crippen LogP contribution in [0.5, 0.6) is 0 Å². The molecule has 11 aromatic rings. The van der Waals surface area contributed by atoms with Crippen molar-refractivity contribution >= 4 is 0 Å². The third kappa shape index (κ3) is 4.73. The molecule has 0 atom stereocenters. The minimum atomic E-state index is -0.460. The maximum Gasteiger partial charge on any atom is 0.249 e. The zero-order valence-corrected chi connectivity index (χ0v) is 36.1. The van der Waals surface area contributed by atoms with Crippen molar-refractivity contribution in [1.82, 2.24) is 15.2 Å². The molecule has 0 aliphatic heterocycles. The Labute approximate surface area is 387 Å². The van der Waals surface area contributed by atoms with Crippen LogP contribution in [0.4, 0.5) is 0 Å². The fourth-order valence-corrected chi connectivity index (χ4v) is 12.6. The van der Waals surface area contributed by atoms with E-state index < -0.39 is 10.8 Å². The van der Waals surface area contributed by atoms with Crippen molar-refractivity contribution in [3.63, 3.8) is 0 Å². The number of benzene rings is 9. The van der Waals surface area contributed by atoms with E-state index in [-0.39, 0.29) is 0 Å². The lowest BCUT2D eigenvalue weighted by Gasteiger charge is -2.31. The van der Waals surface area contributed by atoms with Gasteiger partial charge in [0.05, 0.1) is 16.4 Å². The number of pyridine rings is 1. The van der Waals surface area contributed by atoms with Crippen molar-refractivity contribution in [2.45, 2.75) is 10.8 Å². The van der Waals surface area contributed by atoms with E-state index in [1.54, 1.807) is 12.4 Å². The van der Waals surface area contributed by atoms with Crippen molar-refractivity contribution in [3.05, 3.63) is 269 Å². The number of hydrogen-bond acceptors (Lipinski definition) is 4. The minimum absolute atomic E-state index is 0.432. The summed E-state index contributed by atoms with van der Waals surface area (Å²) in [6.07, 6.45) is 3.51. The molecule has 2 heterocycles. The van der Waals surface area contributed by atoms with Crippen LogP contribution in [0.15, 0.2) is 229 Å². The molecule has 9 aromatic carbocycles. The lowest BCUT2D eigenvalue weighted by Crippen LogP contribution is -2.25. The van der Waals surface area contributed by atoms with Gasteiger partial charge in [0.25, 0.3) is 0 Å². The van der Waals surface area contributed by atoms with Crippen molar-refractivity contribution in [3.8, 4) is 89.7 Å². The van der Waals surface area contributed by atoms with E-state index in [0.717, 1.165) is 33.4 Å². The lowest BCUT2D eigenvalue weighted by atomic mass is 9.70. The molecule has 0 unspecified atom stereocenters. The molecule has 2 spiro atoms. The van der Waals surface area contributed by atoms with Crippen LogP contribution in [0, 0.1) is 0 Å². The lowest BCUT2D eigenvalue weighted by molar-refractivity contribution is 0.584. The van der Waals surface area contributed by atoms with E-state index >= 15 is 0 Å². The summed E-state index contributed by atoms with van der Waals surface area (Å²) in [5, 5.41) is 9.21. The van der Waals surface area contributed by atoms with E-state index in [1.165, 1.54) is 89.0 Å². The van der Waals surface area contributed by atoms with Crippen molar-refractivity contribution in [1.29, 1.82) is 0 Å². The van der Waals surface area contributed by atoms with E-state index in [9.17, 15) is 0 Å². The molecule has 310 valence electrons. The van der Waals surface area contributed by atoms with Gasteiger partial charge in [-0.15, -0.1) is 10.2 Å². The first-order chi connectivity index (χ1) is 33.2. The van der Waals surface area contributed by atoms with Crippen LogP contribution >= 0.6 is 0 Å². The van der Waals surface area contributed by atoms with Crippen LogP contribution in [-0.2, 0) is 10.8 Å². The zero-order valence-electron chi connectivity index (χ0n) is 36.1. The topological polar surface area (TPSA) is 51.8 Å². The van der Waals surface area contributed by atoms with E-state index in [1.807, 2.05) is 12.1 Å². The van der Waals surface area contributed by atoms with Gasteiger partial charge < -0.3 is 4.42 Å². The highest BCUT2D eigenvalue weighted by atomic mass is 16.4. The number of aromatic nitrogens is 3. The maximum atomic E-state index is 6.52. The van der Waals surface area contributed by atoms with Gasteiger partial charge in [0.1, 0.15) is 0 Å². The Kier molecular flexibility index (Phi) is 7.33. The second kappa shape index (κ2) is 13.4. The molecule has 0 radical (unpaired) electrons. The molecule has 4 aliphatic rings. The Bertz CT molecular complexity index is 3560. The van der Waals surface area contributed by atoms with Gasteiger partial charge in [-0.05, 0) is 154 Å². The molecule has 15 rings (SSSR count). The zero-order chi connectivity index (χ0) is 43.8. The largest absolute Gasteiger partial charge is 0.416 e. The Hall–Kier alpha value is -8.73. The standard InChI is InChI=1S/C63H37N3O/c1-7-21-52-44(15-1)45-16-2-8-22-53(45)62(52)56-25-11-5-19-48(56)50-29-27-38(35-58(50)62)41-32-42(34-43(33-41)61-66-65-60(67-61)40-14-13-31-64-37-40)39-28-30-51-49-20-6-12-26-57(49)63(59(51)36-39)54-23-9-3-17-46(54)47-18-4-10-24-55(47)63/h1-37H. The Morgan fingerprint density at radius 1 is 0.269 bits per heavy atom. The van der Waals surface area contributed by atoms with Crippen molar-refractivity contribution in [2.75, 3.05) is 0 Å². The molecular weight excluding hydrogens is 815 g/mol. The summed E-state index contributed by atoms with van der Waals surface area (Å²) in [6, 6.07) is 78.7. The van der Waals surface area contributed by atoms with E-state index in [0.29, 0.717) is 11.8 Å². The fourth-order valence-electron chi connectivity index (χ4n) is 12.6. The van der Waals surface area contributed by atoms with Gasteiger partial charge in [0, 0.05) is 18.0 Å². The molecule has 0 saturated carbocycles. The van der Waals surface area contributed by atoms with Gasteiger partial charge in [-0.2, -0.15) is 0 Å². The molecule has 0 fully saturated rings. The highest BCUT2D eigenvalue weighted by Gasteiger charge is 2.53. The van der Waals surface area contributed by atoms with Crippen LogP contribution in [-0.4, -0.2) is 15.2 Å². The van der Waals surface area contributed by atoms with Gasteiger partial charge in [0.15, 0.2) is 0 Å². The molecule has 0 N–H and O–H groups in total.